The Balaban J connectivity index is 2.25. The maximum Gasteiger partial charge on any atom is 0.276 e. The lowest BCUT2D eigenvalue weighted by Crippen LogP contribution is -2.14. The Morgan fingerprint density at radius 1 is 1.50 bits per heavy atom. The first-order valence-corrected chi connectivity index (χ1v) is 5.11. The van der Waals surface area contributed by atoms with Crippen molar-refractivity contribution in [3.8, 4) is 6.07 Å². The molecule has 0 aliphatic carbocycles. The molecule has 0 saturated heterocycles. The number of carbonyl (C=O) groups excluding carboxylic acids is 1. The Labute approximate surface area is 102 Å². The zero-order valence-corrected chi connectivity index (χ0v) is 9.51. The second-order valence-electron chi connectivity index (χ2n) is 3.63. The molecule has 0 bridgehead atoms. The van der Waals surface area contributed by atoms with Crippen molar-refractivity contribution < 1.29 is 9.18 Å². The van der Waals surface area contributed by atoms with E-state index in [0.29, 0.717) is 0 Å². The number of aromatic nitrogens is 2. The molecule has 1 N–H and O–H groups in total. The molecule has 0 unspecified atom stereocenters. The van der Waals surface area contributed by atoms with Gasteiger partial charge in [0.15, 0.2) is 5.69 Å². The van der Waals surface area contributed by atoms with Crippen LogP contribution in [0.15, 0.2) is 30.5 Å². The number of rotatable bonds is 2. The van der Waals surface area contributed by atoms with Gasteiger partial charge in [-0.1, -0.05) is 0 Å². The van der Waals surface area contributed by atoms with Gasteiger partial charge in [-0.15, -0.1) is 0 Å². The van der Waals surface area contributed by atoms with E-state index in [1.165, 1.54) is 16.8 Å². The predicted molar refractivity (Wildman–Crippen MR) is 62.3 cm³/mol. The van der Waals surface area contributed by atoms with Crippen molar-refractivity contribution in [2.75, 3.05) is 5.32 Å². The standard InChI is InChI=1S/C12H9FN4O/c1-17-5-4-11(16-17)12(18)15-10-3-2-9(13)6-8(10)7-14/h2-6H,1H3,(H,15,18). The lowest BCUT2D eigenvalue weighted by molar-refractivity contribution is 0.102. The van der Waals surface area contributed by atoms with Crippen molar-refractivity contribution >= 4 is 11.6 Å². The summed E-state index contributed by atoms with van der Waals surface area (Å²) in [5, 5.41) is 15.3. The molecule has 0 spiro atoms. The molecule has 90 valence electrons. The molecule has 1 heterocycles. The fraction of sp³-hybridized carbons (Fsp3) is 0.0833. The second kappa shape index (κ2) is 4.67. The highest BCUT2D eigenvalue weighted by Crippen LogP contribution is 2.16. The zero-order valence-electron chi connectivity index (χ0n) is 9.51. The van der Waals surface area contributed by atoms with Crippen LogP contribution in [0.25, 0.3) is 0 Å². The average molecular weight is 244 g/mol. The Morgan fingerprint density at radius 2 is 2.28 bits per heavy atom. The number of anilines is 1. The molecule has 0 aliphatic heterocycles. The van der Waals surface area contributed by atoms with E-state index in [1.54, 1.807) is 19.3 Å². The highest BCUT2D eigenvalue weighted by molar-refractivity contribution is 6.03. The van der Waals surface area contributed by atoms with E-state index in [-0.39, 0.29) is 16.9 Å². The van der Waals surface area contributed by atoms with E-state index >= 15 is 0 Å². The van der Waals surface area contributed by atoms with Crippen molar-refractivity contribution in [3.63, 3.8) is 0 Å². The summed E-state index contributed by atoms with van der Waals surface area (Å²) < 4.78 is 14.4. The van der Waals surface area contributed by atoms with E-state index in [0.717, 1.165) is 6.07 Å². The van der Waals surface area contributed by atoms with Gasteiger partial charge in [-0.3, -0.25) is 9.48 Å². The van der Waals surface area contributed by atoms with Gasteiger partial charge in [-0.2, -0.15) is 10.4 Å². The molecular weight excluding hydrogens is 235 g/mol. The van der Waals surface area contributed by atoms with E-state index in [4.69, 9.17) is 5.26 Å². The van der Waals surface area contributed by atoms with E-state index in [1.807, 2.05) is 6.07 Å². The number of nitrogens with one attached hydrogen (secondary N) is 1. The molecule has 0 atom stereocenters. The molecule has 5 nitrogen and oxygen atoms in total. The summed E-state index contributed by atoms with van der Waals surface area (Å²) in [6.45, 7) is 0. The predicted octanol–water partition coefficient (Wildman–Crippen LogP) is 1.68. The molecule has 0 fully saturated rings. The van der Waals surface area contributed by atoms with Crippen LogP contribution in [0.1, 0.15) is 16.1 Å². The van der Waals surface area contributed by atoms with E-state index in [2.05, 4.69) is 10.4 Å². The lowest BCUT2D eigenvalue weighted by atomic mass is 10.2. The molecule has 1 aromatic heterocycles. The Bertz CT molecular complexity index is 642. The normalized spacial score (nSPS) is 9.83. The lowest BCUT2D eigenvalue weighted by Gasteiger charge is -2.05. The number of aryl methyl sites for hydroxylation is 1. The van der Waals surface area contributed by atoms with Gasteiger partial charge in [0.25, 0.3) is 5.91 Å². The molecule has 2 rings (SSSR count). The van der Waals surface area contributed by atoms with Gasteiger partial charge in [0, 0.05) is 13.2 Å². The van der Waals surface area contributed by atoms with Gasteiger partial charge in [-0.05, 0) is 24.3 Å². The summed E-state index contributed by atoms with van der Waals surface area (Å²) in [7, 11) is 1.69. The van der Waals surface area contributed by atoms with Crippen LogP contribution >= 0.6 is 0 Å². The summed E-state index contributed by atoms with van der Waals surface area (Å²) in [4.78, 5) is 11.8. The number of nitriles is 1. The molecule has 0 aliphatic rings. The van der Waals surface area contributed by atoms with Gasteiger partial charge in [0.2, 0.25) is 0 Å². The number of carbonyl (C=O) groups is 1. The Kier molecular flexibility index (Phi) is 3.06. The molecule has 6 heteroatoms. The fourth-order valence-corrected chi connectivity index (χ4v) is 1.44. The molecule has 1 amide bonds. The number of benzene rings is 1. The first-order chi connectivity index (χ1) is 8.60. The molecule has 0 radical (unpaired) electrons. The van der Waals surface area contributed by atoms with Gasteiger partial charge in [-0.25, -0.2) is 4.39 Å². The highest BCUT2D eigenvalue weighted by atomic mass is 19.1. The van der Waals surface area contributed by atoms with Gasteiger partial charge >= 0.3 is 0 Å². The average Bonchev–Trinajstić information content (AvgIpc) is 2.78. The summed E-state index contributed by atoms with van der Waals surface area (Å²) in [5.74, 6) is -0.971. The van der Waals surface area contributed by atoms with Gasteiger partial charge in [0.1, 0.15) is 11.9 Å². The smallest absolute Gasteiger partial charge is 0.276 e. The Morgan fingerprint density at radius 3 is 2.89 bits per heavy atom. The quantitative estimate of drug-likeness (QED) is 0.873. The van der Waals surface area contributed by atoms with Crippen LogP contribution in [0.4, 0.5) is 10.1 Å². The molecular formula is C12H9FN4O. The first kappa shape index (κ1) is 11.8. The van der Waals surface area contributed by atoms with E-state index in [9.17, 15) is 9.18 Å². The number of hydrogen-bond donors (Lipinski definition) is 1. The van der Waals surface area contributed by atoms with Crippen molar-refractivity contribution in [2.24, 2.45) is 7.05 Å². The van der Waals surface area contributed by atoms with Crippen LogP contribution < -0.4 is 5.32 Å². The maximum atomic E-state index is 12.9. The maximum absolute atomic E-state index is 12.9. The summed E-state index contributed by atoms with van der Waals surface area (Å²) in [5.41, 5.74) is 0.555. The third kappa shape index (κ3) is 2.35. The number of amides is 1. The molecule has 1 aromatic carbocycles. The van der Waals surface area contributed by atoms with Crippen LogP contribution in [0.5, 0.6) is 0 Å². The van der Waals surface area contributed by atoms with Crippen LogP contribution in [-0.2, 0) is 7.05 Å². The van der Waals surface area contributed by atoms with Crippen molar-refractivity contribution in [1.29, 1.82) is 5.26 Å². The Hall–Kier alpha value is -2.68. The highest BCUT2D eigenvalue weighted by Gasteiger charge is 2.11. The molecule has 0 saturated carbocycles. The van der Waals surface area contributed by atoms with E-state index < -0.39 is 11.7 Å². The van der Waals surface area contributed by atoms with Crippen LogP contribution in [-0.4, -0.2) is 15.7 Å². The molecule has 2 aromatic rings. The SMILES string of the molecule is Cn1ccc(C(=O)Nc2ccc(F)cc2C#N)n1. The zero-order chi connectivity index (χ0) is 13.1. The van der Waals surface area contributed by atoms with Crippen LogP contribution in [0.2, 0.25) is 0 Å². The van der Waals surface area contributed by atoms with Crippen LogP contribution in [0.3, 0.4) is 0 Å². The third-order valence-corrected chi connectivity index (χ3v) is 2.30. The number of hydrogen-bond acceptors (Lipinski definition) is 3. The van der Waals surface area contributed by atoms with Crippen molar-refractivity contribution in [1.82, 2.24) is 9.78 Å². The minimum absolute atomic E-state index is 0.0688. The minimum Gasteiger partial charge on any atom is -0.319 e. The summed E-state index contributed by atoms with van der Waals surface area (Å²) in [6.07, 6.45) is 1.63. The number of nitrogens with zero attached hydrogens (tertiary/aromatic N) is 3. The second-order valence-corrected chi connectivity index (χ2v) is 3.63. The van der Waals surface area contributed by atoms with Crippen molar-refractivity contribution in [3.05, 3.63) is 47.5 Å². The monoisotopic (exact) mass is 244 g/mol. The third-order valence-electron chi connectivity index (χ3n) is 2.30. The fourth-order valence-electron chi connectivity index (χ4n) is 1.44. The number of halogens is 1. The van der Waals surface area contributed by atoms with Crippen molar-refractivity contribution in [2.45, 2.75) is 0 Å². The van der Waals surface area contributed by atoms with Gasteiger partial charge in [0.05, 0.1) is 11.3 Å². The summed E-state index contributed by atoms with van der Waals surface area (Å²) in [6, 6.07) is 6.95. The van der Waals surface area contributed by atoms with Gasteiger partial charge < -0.3 is 5.32 Å². The topological polar surface area (TPSA) is 70.7 Å². The minimum atomic E-state index is -0.526. The largest absolute Gasteiger partial charge is 0.319 e. The van der Waals surface area contributed by atoms with Crippen LogP contribution in [0, 0.1) is 17.1 Å². The summed E-state index contributed by atoms with van der Waals surface area (Å²) >= 11 is 0. The first-order valence-electron chi connectivity index (χ1n) is 5.11. The molecule has 18 heavy (non-hydrogen) atoms.